The van der Waals surface area contributed by atoms with E-state index in [1.165, 1.54) is 7.11 Å². The first-order valence-corrected chi connectivity index (χ1v) is 6.16. The molecule has 1 unspecified atom stereocenters. The Morgan fingerprint density at radius 1 is 1.50 bits per heavy atom. The Labute approximate surface area is 104 Å². The molecule has 0 amide bonds. The molecule has 0 aliphatic carbocycles. The molecule has 0 saturated carbocycles. The minimum absolute atomic E-state index is 0.348. The summed E-state index contributed by atoms with van der Waals surface area (Å²) >= 11 is 3.38. The number of methoxy groups -OCH3 is 1. The van der Waals surface area contributed by atoms with E-state index in [2.05, 4.69) is 27.6 Å². The predicted octanol–water partition coefficient (Wildman–Crippen LogP) is 2.88. The number of carbonyl (C=O) groups excluding carboxylic acids is 1. The molecule has 1 aromatic carbocycles. The lowest BCUT2D eigenvalue weighted by atomic mass is 10.2. The molecule has 0 radical (unpaired) electrons. The molecule has 0 N–H and O–H groups in total. The molecular formula is C12H15BrO3. The molecule has 0 aliphatic heterocycles. The Hall–Kier alpha value is -1.03. The molecule has 0 bridgehead atoms. The fraction of sp³-hybridized carbons (Fsp3) is 0.417. The molecule has 4 heteroatoms. The quantitative estimate of drug-likeness (QED) is 0.617. The Morgan fingerprint density at radius 3 is 2.88 bits per heavy atom. The average Bonchev–Trinajstić information content (AvgIpc) is 2.35. The maximum atomic E-state index is 11.3. The fourth-order valence-electron chi connectivity index (χ4n) is 1.11. The van der Waals surface area contributed by atoms with E-state index >= 15 is 0 Å². The van der Waals surface area contributed by atoms with Crippen molar-refractivity contribution in [2.45, 2.75) is 6.92 Å². The first-order valence-electron chi connectivity index (χ1n) is 5.04. The van der Waals surface area contributed by atoms with Crippen LogP contribution >= 0.6 is 15.9 Å². The number of alkyl halides is 1. The Kier molecular flexibility index (Phi) is 5.32. The first kappa shape index (κ1) is 13.0. The highest BCUT2D eigenvalue weighted by atomic mass is 79.9. The van der Waals surface area contributed by atoms with Crippen molar-refractivity contribution in [2.75, 3.05) is 19.0 Å². The molecule has 0 heterocycles. The second-order valence-corrected chi connectivity index (χ2v) is 4.24. The molecule has 0 aromatic heterocycles. The van der Waals surface area contributed by atoms with Gasteiger partial charge in [-0.05, 0) is 24.1 Å². The maximum Gasteiger partial charge on any atom is 0.337 e. The van der Waals surface area contributed by atoms with Gasteiger partial charge in [0.1, 0.15) is 5.75 Å². The van der Waals surface area contributed by atoms with Gasteiger partial charge in [-0.15, -0.1) is 0 Å². The zero-order chi connectivity index (χ0) is 12.0. The van der Waals surface area contributed by atoms with Crippen molar-refractivity contribution in [3.05, 3.63) is 29.8 Å². The van der Waals surface area contributed by atoms with Gasteiger partial charge in [0.05, 0.1) is 19.3 Å². The zero-order valence-electron chi connectivity index (χ0n) is 9.40. The molecule has 1 atom stereocenters. The largest absolute Gasteiger partial charge is 0.493 e. The molecule has 0 saturated heterocycles. The Balaban J connectivity index is 2.64. The van der Waals surface area contributed by atoms with Gasteiger partial charge in [-0.2, -0.15) is 0 Å². The van der Waals surface area contributed by atoms with Crippen molar-refractivity contribution < 1.29 is 14.3 Å². The van der Waals surface area contributed by atoms with E-state index in [-0.39, 0.29) is 5.97 Å². The van der Waals surface area contributed by atoms with Gasteiger partial charge in [-0.3, -0.25) is 0 Å². The van der Waals surface area contributed by atoms with Crippen molar-refractivity contribution in [1.82, 2.24) is 0 Å². The number of benzene rings is 1. The summed E-state index contributed by atoms with van der Waals surface area (Å²) in [5, 5.41) is 0.893. The van der Waals surface area contributed by atoms with E-state index in [1.54, 1.807) is 18.2 Å². The van der Waals surface area contributed by atoms with Crippen LogP contribution in [0.4, 0.5) is 0 Å². The molecule has 0 spiro atoms. The lowest BCUT2D eigenvalue weighted by Crippen LogP contribution is -2.10. The van der Waals surface area contributed by atoms with E-state index in [0.29, 0.717) is 23.8 Å². The van der Waals surface area contributed by atoms with E-state index in [1.807, 2.05) is 6.07 Å². The summed E-state index contributed by atoms with van der Waals surface area (Å²) in [6.07, 6.45) is 0. The normalized spacial score (nSPS) is 11.9. The van der Waals surface area contributed by atoms with Crippen molar-refractivity contribution in [3.8, 4) is 5.75 Å². The summed E-state index contributed by atoms with van der Waals surface area (Å²) in [7, 11) is 1.36. The topological polar surface area (TPSA) is 35.5 Å². The standard InChI is InChI=1S/C12H15BrO3/c1-9(7-13)8-16-11-5-3-4-10(6-11)12(14)15-2/h3-6,9H,7-8H2,1-2H3. The molecule has 0 aliphatic rings. The number of carbonyl (C=O) groups is 1. The average molecular weight is 287 g/mol. The number of hydrogen-bond donors (Lipinski definition) is 0. The van der Waals surface area contributed by atoms with Crippen LogP contribution in [0, 0.1) is 5.92 Å². The van der Waals surface area contributed by atoms with Crippen LogP contribution in [-0.2, 0) is 4.74 Å². The van der Waals surface area contributed by atoms with Gasteiger partial charge in [0, 0.05) is 5.33 Å². The fourth-order valence-corrected chi connectivity index (χ4v) is 1.30. The third-order valence-corrected chi connectivity index (χ3v) is 3.16. The van der Waals surface area contributed by atoms with Crippen molar-refractivity contribution >= 4 is 21.9 Å². The highest BCUT2D eigenvalue weighted by Gasteiger charge is 2.07. The number of halogens is 1. The molecule has 1 aromatic rings. The summed E-state index contributed by atoms with van der Waals surface area (Å²) in [6, 6.07) is 6.99. The van der Waals surface area contributed by atoms with Gasteiger partial charge in [-0.25, -0.2) is 4.79 Å². The molecule has 16 heavy (non-hydrogen) atoms. The van der Waals surface area contributed by atoms with Crippen LogP contribution in [0.25, 0.3) is 0 Å². The highest BCUT2D eigenvalue weighted by Crippen LogP contribution is 2.15. The van der Waals surface area contributed by atoms with E-state index in [0.717, 1.165) is 5.33 Å². The van der Waals surface area contributed by atoms with Crippen LogP contribution in [0.3, 0.4) is 0 Å². The summed E-state index contributed by atoms with van der Waals surface area (Å²) in [6.45, 7) is 2.70. The van der Waals surface area contributed by atoms with Crippen LogP contribution in [-0.4, -0.2) is 25.0 Å². The van der Waals surface area contributed by atoms with Gasteiger partial charge in [0.2, 0.25) is 0 Å². The van der Waals surface area contributed by atoms with Gasteiger partial charge >= 0.3 is 5.97 Å². The minimum Gasteiger partial charge on any atom is -0.493 e. The second-order valence-electron chi connectivity index (χ2n) is 3.59. The molecule has 3 nitrogen and oxygen atoms in total. The third-order valence-electron chi connectivity index (χ3n) is 2.05. The van der Waals surface area contributed by atoms with Crippen LogP contribution in [0.5, 0.6) is 5.75 Å². The third kappa shape index (κ3) is 3.85. The number of hydrogen-bond acceptors (Lipinski definition) is 3. The smallest absolute Gasteiger partial charge is 0.337 e. The van der Waals surface area contributed by atoms with Gasteiger partial charge in [-0.1, -0.05) is 28.9 Å². The lowest BCUT2D eigenvalue weighted by Gasteiger charge is -2.10. The highest BCUT2D eigenvalue weighted by molar-refractivity contribution is 9.09. The summed E-state index contributed by atoms with van der Waals surface area (Å²) < 4.78 is 10.2. The van der Waals surface area contributed by atoms with Crippen LogP contribution in [0.1, 0.15) is 17.3 Å². The number of ether oxygens (including phenoxy) is 2. The summed E-state index contributed by atoms with van der Waals surface area (Å²) in [5.74, 6) is 0.775. The van der Waals surface area contributed by atoms with Crippen molar-refractivity contribution in [2.24, 2.45) is 5.92 Å². The molecule has 0 fully saturated rings. The van der Waals surface area contributed by atoms with Gasteiger partial charge in [0.25, 0.3) is 0 Å². The van der Waals surface area contributed by atoms with Crippen molar-refractivity contribution in [1.29, 1.82) is 0 Å². The number of rotatable bonds is 5. The van der Waals surface area contributed by atoms with Crippen LogP contribution in [0.15, 0.2) is 24.3 Å². The Bertz CT molecular complexity index is 352. The van der Waals surface area contributed by atoms with E-state index in [4.69, 9.17) is 4.74 Å². The summed E-state index contributed by atoms with van der Waals surface area (Å²) in [4.78, 5) is 11.3. The maximum absolute atomic E-state index is 11.3. The molecule has 1 rings (SSSR count). The van der Waals surface area contributed by atoms with Gasteiger partial charge < -0.3 is 9.47 Å². The first-order chi connectivity index (χ1) is 7.67. The second kappa shape index (κ2) is 6.53. The Morgan fingerprint density at radius 2 is 2.25 bits per heavy atom. The van der Waals surface area contributed by atoms with Gasteiger partial charge in [0.15, 0.2) is 0 Å². The predicted molar refractivity (Wildman–Crippen MR) is 66.2 cm³/mol. The lowest BCUT2D eigenvalue weighted by molar-refractivity contribution is 0.0600. The van der Waals surface area contributed by atoms with Crippen molar-refractivity contribution in [3.63, 3.8) is 0 Å². The minimum atomic E-state index is -0.348. The van der Waals surface area contributed by atoms with Crippen LogP contribution in [0.2, 0.25) is 0 Å². The summed E-state index contributed by atoms with van der Waals surface area (Å²) in [5.41, 5.74) is 0.506. The molecule has 88 valence electrons. The molecular weight excluding hydrogens is 272 g/mol. The van der Waals surface area contributed by atoms with E-state index < -0.39 is 0 Å². The van der Waals surface area contributed by atoms with E-state index in [9.17, 15) is 4.79 Å². The number of esters is 1. The SMILES string of the molecule is COC(=O)c1cccc(OCC(C)CBr)c1. The van der Waals surface area contributed by atoms with Crippen LogP contribution < -0.4 is 4.74 Å². The zero-order valence-corrected chi connectivity index (χ0v) is 11.0. The monoisotopic (exact) mass is 286 g/mol.